The fourth-order valence-electron chi connectivity index (χ4n) is 3.88. The fraction of sp³-hybridized carbons (Fsp3) is 0.214. The lowest BCUT2D eigenvalue weighted by Crippen LogP contribution is -2.32. The van der Waals surface area contributed by atoms with Crippen LogP contribution in [0.25, 0.3) is 5.57 Å². The zero-order valence-electron chi connectivity index (χ0n) is 19.5. The Hall–Kier alpha value is -3.93. The Labute approximate surface area is 198 Å². The van der Waals surface area contributed by atoms with Crippen molar-refractivity contribution in [3.8, 4) is 5.75 Å². The Balaban J connectivity index is 1.71. The van der Waals surface area contributed by atoms with Gasteiger partial charge < -0.3 is 10.1 Å². The first-order valence-corrected chi connectivity index (χ1v) is 11.3. The quantitative estimate of drug-likeness (QED) is 0.438. The first kappa shape index (κ1) is 23.2. The number of hydrogen-bond donors (Lipinski definition) is 1. The van der Waals surface area contributed by atoms with Crippen molar-refractivity contribution in [3.63, 3.8) is 0 Å². The number of ether oxygens (including phenoxy) is 1. The molecule has 0 bridgehead atoms. The molecule has 0 aliphatic carbocycles. The Morgan fingerprint density at radius 2 is 1.59 bits per heavy atom. The van der Waals surface area contributed by atoms with Crippen LogP contribution in [0.3, 0.4) is 0 Å². The van der Waals surface area contributed by atoms with Gasteiger partial charge in [-0.15, -0.1) is 0 Å². The molecule has 0 spiro atoms. The molecule has 0 fully saturated rings. The molecule has 0 unspecified atom stereocenters. The molecule has 6 heteroatoms. The topological polar surface area (TPSA) is 58.6 Å². The second-order valence-electron chi connectivity index (χ2n) is 8.40. The minimum Gasteiger partial charge on any atom is -0.494 e. The summed E-state index contributed by atoms with van der Waals surface area (Å²) in [5.74, 6) is -0.385. The molecule has 3 aromatic carbocycles. The highest BCUT2D eigenvalue weighted by atomic mass is 19.1. The van der Waals surface area contributed by atoms with E-state index < -0.39 is 17.6 Å². The number of benzene rings is 3. The van der Waals surface area contributed by atoms with E-state index >= 15 is 0 Å². The van der Waals surface area contributed by atoms with E-state index in [1.54, 1.807) is 42.5 Å². The molecule has 174 valence electrons. The molecule has 1 aliphatic rings. The summed E-state index contributed by atoms with van der Waals surface area (Å²) in [6.07, 6.45) is 0. The predicted octanol–water partition coefficient (Wildman–Crippen LogP) is 5.74. The lowest BCUT2D eigenvalue weighted by atomic mass is 10.0. The van der Waals surface area contributed by atoms with Crippen LogP contribution in [0, 0.1) is 5.82 Å². The van der Waals surface area contributed by atoms with E-state index in [-0.39, 0.29) is 23.4 Å². The number of carbonyl (C=O) groups excluding carboxylic acids is 2. The minimum absolute atomic E-state index is 0.150. The third kappa shape index (κ3) is 4.71. The molecule has 1 aliphatic heterocycles. The summed E-state index contributed by atoms with van der Waals surface area (Å²) in [6.45, 7) is 6.48. The van der Waals surface area contributed by atoms with Gasteiger partial charge >= 0.3 is 0 Å². The van der Waals surface area contributed by atoms with Gasteiger partial charge in [0, 0.05) is 11.3 Å². The zero-order chi connectivity index (χ0) is 24.2. The van der Waals surface area contributed by atoms with Crippen LogP contribution in [0.15, 0.2) is 78.5 Å². The van der Waals surface area contributed by atoms with E-state index in [4.69, 9.17) is 4.74 Å². The molecule has 0 aromatic heterocycles. The van der Waals surface area contributed by atoms with E-state index in [0.717, 1.165) is 4.90 Å². The molecule has 1 heterocycles. The molecule has 0 saturated carbocycles. The summed E-state index contributed by atoms with van der Waals surface area (Å²) in [5.41, 5.74) is 3.13. The minimum atomic E-state index is -0.495. The average Bonchev–Trinajstić information content (AvgIpc) is 3.06. The molecule has 0 radical (unpaired) electrons. The summed E-state index contributed by atoms with van der Waals surface area (Å²) >= 11 is 0. The van der Waals surface area contributed by atoms with Gasteiger partial charge in [0.1, 0.15) is 17.3 Å². The Morgan fingerprint density at radius 1 is 0.912 bits per heavy atom. The van der Waals surface area contributed by atoms with Crippen LogP contribution in [-0.2, 0) is 16.1 Å². The van der Waals surface area contributed by atoms with Crippen molar-refractivity contribution in [1.82, 2.24) is 4.90 Å². The predicted molar refractivity (Wildman–Crippen MR) is 131 cm³/mol. The molecular formula is C28H27FN2O3. The Morgan fingerprint density at radius 3 is 2.21 bits per heavy atom. The van der Waals surface area contributed by atoms with Crippen LogP contribution >= 0.6 is 0 Å². The SMILES string of the molecule is CCOc1ccc(C2=C(Nc3ccc(C(C)C)cc3)C(=O)N(Cc3ccccc3F)C2=O)cc1. The van der Waals surface area contributed by atoms with Crippen LogP contribution in [0.2, 0.25) is 0 Å². The zero-order valence-corrected chi connectivity index (χ0v) is 19.5. The number of hydrogen-bond acceptors (Lipinski definition) is 4. The standard InChI is InChI=1S/C28H27FN2O3/c1-4-34-23-15-11-20(12-16-23)25-26(30-22-13-9-19(10-14-22)18(2)3)28(33)31(27(25)32)17-21-7-5-6-8-24(21)29/h5-16,18,30H,4,17H2,1-3H3. The van der Waals surface area contributed by atoms with Crippen LogP contribution in [0.1, 0.15) is 43.4 Å². The van der Waals surface area contributed by atoms with E-state index in [1.165, 1.54) is 11.6 Å². The van der Waals surface area contributed by atoms with Crippen molar-refractivity contribution in [2.75, 3.05) is 11.9 Å². The van der Waals surface area contributed by atoms with E-state index in [0.29, 0.717) is 29.5 Å². The molecule has 3 aromatic rings. The molecule has 0 atom stereocenters. The lowest BCUT2D eigenvalue weighted by molar-refractivity contribution is -0.137. The highest BCUT2D eigenvalue weighted by molar-refractivity contribution is 6.36. The number of nitrogens with zero attached hydrogens (tertiary/aromatic N) is 1. The highest BCUT2D eigenvalue weighted by Crippen LogP contribution is 2.33. The molecule has 1 N–H and O–H groups in total. The van der Waals surface area contributed by atoms with Gasteiger partial charge in [0.15, 0.2) is 0 Å². The van der Waals surface area contributed by atoms with Gasteiger partial charge in [-0.1, -0.05) is 56.3 Å². The Bertz CT molecular complexity index is 1230. The number of anilines is 1. The largest absolute Gasteiger partial charge is 0.494 e. The van der Waals surface area contributed by atoms with Crippen molar-refractivity contribution >= 4 is 23.1 Å². The molecule has 4 rings (SSSR count). The monoisotopic (exact) mass is 458 g/mol. The third-order valence-corrected chi connectivity index (χ3v) is 5.76. The van der Waals surface area contributed by atoms with Gasteiger partial charge in [0.2, 0.25) is 0 Å². The summed E-state index contributed by atoms with van der Waals surface area (Å²) < 4.78 is 19.8. The van der Waals surface area contributed by atoms with Gasteiger partial charge in [0.05, 0.1) is 18.7 Å². The molecular weight excluding hydrogens is 431 g/mol. The second kappa shape index (κ2) is 9.91. The summed E-state index contributed by atoms with van der Waals surface area (Å²) in [4.78, 5) is 27.9. The number of carbonyl (C=O) groups is 2. The van der Waals surface area contributed by atoms with Crippen LogP contribution in [0.4, 0.5) is 10.1 Å². The number of nitrogens with one attached hydrogen (secondary N) is 1. The van der Waals surface area contributed by atoms with Crippen molar-refractivity contribution in [3.05, 3.63) is 101 Å². The van der Waals surface area contributed by atoms with E-state index in [1.807, 2.05) is 31.2 Å². The maximum Gasteiger partial charge on any atom is 0.278 e. The fourth-order valence-corrected chi connectivity index (χ4v) is 3.88. The summed E-state index contributed by atoms with van der Waals surface area (Å²) in [5, 5.41) is 3.15. The lowest BCUT2D eigenvalue weighted by Gasteiger charge is -2.16. The van der Waals surface area contributed by atoms with Crippen molar-refractivity contribution in [1.29, 1.82) is 0 Å². The van der Waals surface area contributed by atoms with Gasteiger partial charge in [0.25, 0.3) is 11.8 Å². The van der Waals surface area contributed by atoms with Gasteiger partial charge in [-0.3, -0.25) is 14.5 Å². The van der Waals surface area contributed by atoms with Crippen molar-refractivity contribution in [2.45, 2.75) is 33.2 Å². The number of imide groups is 1. The normalized spacial score (nSPS) is 13.7. The van der Waals surface area contributed by atoms with Crippen molar-refractivity contribution < 1.29 is 18.7 Å². The van der Waals surface area contributed by atoms with Gasteiger partial charge in [-0.05, 0) is 54.3 Å². The van der Waals surface area contributed by atoms with E-state index in [9.17, 15) is 14.0 Å². The van der Waals surface area contributed by atoms with Crippen molar-refractivity contribution in [2.24, 2.45) is 0 Å². The smallest absolute Gasteiger partial charge is 0.278 e. The molecule has 34 heavy (non-hydrogen) atoms. The molecule has 2 amide bonds. The summed E-state index contributed by atoms with van der Waals surface area (Å²) in [7, 11) is 0. The van der Waals surface area contributed by atoms with E-state index in [2.05, 4.69) is 19.2 Å². The van der Waals surface area contributed by atoms with Gasteiger partial charge in [-0.25, -0.2) is 4.39 Å². The maximum absolute atomic E-state index is 14.3. The number of amides is 2. The second-order valence-corrected chi connectivity index (χ2v) is 8.40. The van der Waals surface area contributed by atoms with Gasteiger partial charge in [-0.2, -0.15) is 0 Å². The summed E-state index contributed by atoms with van der Waals surface area (Å²) in [6, 6.07) is 20.9. The third-order valence-electron chi connectivity index (χ3n) is 5.76. The maximum atomic E-state index is 14.3. The average molecular weight is 459 g/mol. The van der Waals surface area contributed by atoms with Crippen LogP contribution in [-0.4, -0.2) is 23.3 Å². The Kier molecular flexibility index (Phi) is 6.77. The highest BCUT2D eigenvalue weighted by Gasteiger charge is 2.39. The first-order chi connectivity index (χ1) is 16.4. The number of halogens is 1. The number of rotatable bonds is 8. The molecule has 5 nitrogen and oxygen atoms in total. The first-order valence-electron chi connectivity index (χ1n) is 11.3. The van der Waals surface area contributed by atoms with Crippen LogP contribution in [0.5, 0.6) is 5.75 Å². The molecule has 0 saturated heterocycles. The van der Waals surface area contributed by atoms with Crippen LogP contribution < -0.4 is 10.1 Å².